The maximum Gasteiger partial charge on any atom is 0.335 e. The molecule has 2 aromatic rings. The zero-order valence-electron chi connectivity index (χ0n) is 12.6. The molecule has 112 valence electrons. The minimum Gasteiger partial charge on any atom is -0.493 e. The number of hydrogen-bond donors (Lipinski definition) is 0. The van der Waals surface area contributed by atoms with Crippen LogP contribution in [0.1, 0.15) is 20.3 Å². The van der Waals surface area contributed by atoms with Crippen LogP contribution in [0.2, 0.25) is 0 Å². The lowest BCUT2D eigenvalue weighted by Crippen LogP contribution is -2.11. The molecule has 0 saturated heterocycles. The van der Waals surface area contributed by atoms with Crippen molar-refractivity contribution in [2.45, 2.75) is 26.8 Å². The van der Waals surface area contributed by atoms with Gasteiger partial charge in [0.25, 0.3) is 0 Å². The van der Waals surface area contributed by atoms with Gasteiger partial charge >= 0.3 is 5.97 Å². The summed E-state index contributed by atoms with van der Waals surface area (Å²) in [4.78, 5) is 11.7. The van der Waals surface area contributed by atoms with Crippen molar-refractivity contribution in [2.75, 3.05) is 13.2 Å². The minimum atomic E-state index is -0.349. The summed E-state index contributed by atoms with van der Waals surface area (Å²) in [6.07, 6.45) is 2.91. The highest BCUT2D eigenvalue weighted by molar-refractivity contribution is 5.89. The predicted molar refractivity (Wildman–Crippen MR) is 83.5 cm³/mol. The Kier molecular flexibility index (Phi) is 5.04. The fourth-order valence-electron chi connectivity index (χ4n) is 2.17. The average molecular weight is 287 g/mol. The summed E-state index contributed by atoms with van der Waals surface area (Å²) < 4.78 is 12.7. The van der Waals surface area contributed by atoms with Gasteiger partial charge < -0.3 is 14.0 Å². The van der Waals surface area contributed by atoms with Gasteiger partial charge in [-0.05, 0) is 31.5 Å². The van der Waals surface area contributed by atoms with Gasteiger partial charge in [-0.2, -0.15) is 0 Å². The lowest BCUT2D eigenvalue weighted by atomic mass is 10.2. The molecule has 0 unspecified atom stereocenters. The molecule has 0 aliphatic heterocycles. The summed E-state index contributed by atoms with van der Waals surface area (Å²) >= 11 is 0. The maximum atomic E-state index is 11.7. The van der Waals surface area contributed by atoms with Crippen LogP contribution in [0.25, 0.3) is 10.9 Å². The molecule has 4 heteroatoms. The Bertz CT molecular complexity index is 643. The van der Waals surface area contributed by atoms with Crippen molar-refractivity contribution in [3.8, 4) is 5.75 Å². The number of ether oxygens (including phenoxy) is 2. The third kappa shape index (κ3) is 3.45. The van der Waals surface area contributed by atoms with E-state index in [4.69, 9.17) is 9.47 Å². The average Bonchev–Trinajstić information content (AvgIpc) is 2.89. The zero-order chi connectivity index (χ0) is 15.2. The maximum absolute atomic E-state index is 11.7. The normalized spacial score (nSPS) is 10.6. The first kappa shape index (κ1) is 15.2. The van der Waals surface area contributed by atoms with E-state index in [0.29, 0.717) is 25.3 Å². The number of esters is 1. The van der Waals surface area contributed by atoms with Crippen LogP contribution in [-0.2, 0) is 16.1 Å². The third-order valence-electron chi connectivity index (χ3n) is 3.16. The van der Waals surface area contributed by atoms with Gasteiger partial charge in [-0.25, -0.2) is 4.79 Å². The molecule has 1 heterocycles. The van der Waals surface area contributed by atoms with Gasteiger partial charge in [0.15, 0.2) is 0 Å². The third-order valence-corrected chi connectivity index (χ3v) is 3.16. The van der Waals surface area contributed by atoms with Gasteiger partial charge in [-0.3, -0.25) is 0 Å². The SMILES string of the molecule is C=C(Cn1ccc2c(OCCC)cccc21)C(=O)OCC. The highest BCUT2D eigenvalue weighted by Crippen LogP contribution is 2.27. The number of fused-ring (bicyclic) bond motifs is 1. The van der Waals surface area contributed by atoms with E-state index in [0.717, 1.165) is 23.1 Å². The van der Waals surface area contributed by atoms with Crippen molar-refractivity contribution in [3.63, 3.8) is 0 Å². The first-order valence-corrected chi connectivity index (χ1v) is 7.23. The molecule has 1 aromatic heterocycles. The standard InChI is InChI=1S/C17H21NO3/c1-4-11-21-16-8-6-7-15-14(16)9-10-18(15)12-13(3)17(19)20-5-2/h6-10H,3-5,11-12H2,1-2H3. The largest absolute Gasteiger partial charge is 0.493 e. The number of hydrogen-bond acceptors (Lipinski definition) is 3. The van der Waals surface area contributed by atoms with E-state index >= 15 is 0 Å². The molecule has 0 spiro atoms. The van der Waals surface area contributed by atoms with E-state index in [1.807, 2.05) is 35.0 Å². The monoisotopic (exact) mass is 287 g/mol. The molecule has 2 rings (SSSR count). The molecule has 0 fully saturated rings. The van der Waals surface area contributed by atoms with Crippen LogP contribution in [0.15, 0.2) is 42.6 Å². The number of aromatic nitrogens is 1. The Morgan fingerprint density at radius 3 is 2.81 bits per heavy atom. The molecule has 0 aliphatic rings. The Morgan fingerprint density at radius 2 is 2.10 bits per heavy atom. The summed E-state index contributed by atoms with van der Waals surface area (Å²) in [6.45, 7) is 9.13. The molecular formula is C17H21NO3. The smallest absolute Gasteiger partial charge is 0.335 e. The summed E-state index contributed by atoms with van der Waals surface area (Å²) in [5.74, 6) is 0.521. The van der Waals surface area contributed by atoms with Crippen LogP contribution >= 0.6 is 0 Å². The van der Waals surface area contributed by atoms with E-state index in [9.17, 15) is 4.79 Å². The first-order valence-electron chi connectivity index (χ1n) is 7.23. The molecule has 0 radical (unpaired) electrons. The van der Waals surface area contributed by atoms with Gasteiger partial charge in [0.05, 0.1) is 25.3 Å². The van der Waals surface area contributed by atoms with Crippen LogP contribution in [0.3, 0.4) is 0 Å². The summed E-state index contributed by atoms with van der Waals surface area (Å²) in [7, 11) is 0. The predicted octanol–water partition coefficient (Wildman–Crippen LogP) is 3.55. The van der Waals surface area contributed by atoms with Crippen LogP contribution < -0.4 is 4.74 Å². The Balaban J connectivity index is 2.22. The molecule has 0 atom stereocenters. The van der Waals surface area contributed by atoms with Gasteiger partial charge in [0, 0.05) is 17.2 Å². The number of carbonyl (C=O) groups excluding carboxylic acids is 1. The van der Waals surface area contributed by atoms with Crippen molar-refractivity contribution in [2.24, 2.45) is 0 Å². The highest BCUT2D eigenvalue weighted by atomic mass is 16.5. The van der Waals surface area contributed by atoms with Crippen LogP contribution in [0.4, 0.5) is 0 Å². The molecule has 0 saturated carbocycles. The number of benzene rings is 1. The lowest BCUT2D eigenvalue weighted by Gasteiger charge is -2.09. The molecule has 0 aliphatic carbocycles. The van der Waals surface area contributed by atoms with Crippen molar-refractivity contribution in [1.82, 2.24) is 4.57 Å². The van der Waals surface area contributed by atoms with E-state index in [-0.39, 0.29) is 5.97 Å². The fourth-order valence-corrected chi connectivity index (χ4v) is 2.17. The summed E-state index contributed by atoms with van der Waals surface area (Å²) in [6, 6.07) is 7.92. The Morgan fingerprint density at radius 1 is 1.29 bits per heavy atom. The quantitative estimate of drug-likeness (QED) is 0.577. The van der Waals surface area contributed by atoms with Crippen LogP contribution in [0, 0.1) is 0 Å². The zero-order valence-corrected chi connectivity index (χ0v) is 12.6. The summed E-state index contributed by atoms with van der Waals surface area (Å²) in [5, 5.41) is 1.04. The number of rotatable bonds is 7. The van der Waals surface area contributed by atoms with Crippen molar-refractivity contribution < 1.29 is 14.3 Å². The van der Waals surface area contributed by atoms with Gasteiger partial charge in [-0.1, -0.05) is 19.6 Å². The number of carbonyl (C=O) groups is 1. The molecule has 21 heavy (non-hydrogen) atoms. The van der Waals surface area contributed by atoms with Gasteiger partial charge in [0.2, 0.25) is 0 Å². The minimum absolute atomic E-state index is 0.349. The molecule has 1 aromatic carbocycles. The molecule has 0 bridgehead atoms. The molecule has 4 nitrogen and oxygen atoms in total. The van der Waals surface area contributed by atoms with E-state index in [1.54, 1.807) is 6.92 Å². The second kappa shape index (κ2) is 6.97. The topological polar surface area (TPSA) is 40.5 Å². The Hall–Kier alpha value is -2.23. The molecular weight excluding hydrogens is 266 g/mol. The highest BCUT2D eigenvalue weighted by Gasteiger charge is 2.11. The second-order valence-corrected chi connectivity index (χ2v) is 4.81. The van der Waals surface area contributed by atoms with E-state index < -0.39 is 0 Å². The molecule has 0 N–H and O–H groups in total. The van der Waals surface area contributed by atoms with Gasteiger partial charge in [-0.15, -0.1) is 0 Å². The fraction of sp³-hybridized carbons (Fsp3) is 0.353. The lowest BCUT2D eigenvalue weighted by molar-refractivity contribution is -0.138. The van der Waals surface area contributed by atoms with Crippen molar-refractivity contribution in [3.05, 3.63) is 42.6 Å². The van der Waals surface area contributed by atoms with E-state index in [1.165, 1.54) is 0 Å². The van der Waals surface area contributed by atoms with Crippen molar-refractivity contribution in [1.29, 1.82) is 0 Å². The van der Waals surface area contributed by atoms with Crippen LogP contribution in [-0.4, -0.2) is 23.8 Å². The Labute approximate surface area is 125 Å². The number of nitrogens with zero attached hydrogens (tertiary/aromatic N) is 1. The van der Waals surface area contributed by atoms with Gasteiger partial charge in [0.1, 0.15) is 5.75 Å². The molecule has 0 amide bonds. The first-order chi connectivity index (χ1) is 10.2. The van der Waals surface area contributed by atoms with E-state index in [2.05, 4.69) is 13.5 Å². The van der Waals surface area contributed by atoms with Crippen LogP contribution in [0.5, 0.6) is 5.75 Å². The summed E-state index contributed by atoms with van der Waals surface area (Å²) in [5.41, 5.74) is 1.46. The second-order valence-electron chi connectivity index (χ2n) is 4.81. The van der Waals surface area contributed by atoms with Crippen molar-refractivity contribution >= 4 is 16.9 Å².